The van der Waals surface area contributed by atoms with Gasteiger partial charge in [-0.25, -0.2) is 13.2 Å². The predicted molar refractivity (Wildman–Crippen MR) is 132 cm³/mol. The van der Waals surface area contributed by atoms with Gasteiger partial charge in [-0.15, -0.1) is 0 Å². The SMILES string of the molecule is CC/C=C\CC1=CC=C(c2ccc(-c3ccc(C4CCC(C)CC4)cc3F)cc2)C(F)C1F. The Morgan fingerprint density at radius 3 is 2.21 bits per heavy atom. The smallest absolute Gasteiger partial charge is 0.161 e. The fourth-order valence-electron chi connectivity index (χ4n) is 5.00. The quantitative estimate of drug-likeness (QED) is 0.385. The van der Waals surface area contributed by atoms with E-state index in [1.54, 1.807) is 42.5 Å². The summed E-state index contributed by atoms with van der Waals surface area (Å²) >= 11 is 0. The number of allylic oxidation sites excluding steroid dienone is 6. The Morgan fingerprint density at radius 2 is 1.55 bits per heavy atom. The Hall–Kier alpha value is -2.55. The molecule has 0 amide bonds. The molecule has 174 valence electrons. The van der Waals surface area contributed by atoms with E-state index in [1.165, 1.54) is 12.8 Å². The van der Waals surface area contributed by atoms with Gasteiger partial charge in [0, 0.05) is 5.56 Å². The van der Waals surface area contributed by atoms with Gasteiger partial charge in [-0.3, -0.25) is 0 Å². The molecule has 1 fully saturated rings. The van der Waals surface area contributed by atoms with Gasteiger partial charge in [0.1, 0.15) is 5.82 Å². The lowest BCUT2D eigenvalue weighted by Gasteiger charge is -2.26. The van der Waals surface area contributed by atoms with E-state index in [0.717, 1.165) is 36.3 Å². The zero-order valence-corrected chi connectivity index (χ0v) is 19.5. The first-order chi connectivity index (χ1) is 16.0. The third-order valence-electron chi connectivity index (χ3n) is 7.15. The van der Waals surface area contributed by atoms with Crippen molar-refractivity contribution < 1.29 is 13.2 Å². The topological polar surface area (TPSA) is 0 Å². The van der Waals surface area contributed by atoms with Gasteiger partial charge in [-0.2, -0.15) is 0 Å². The van der Waals surface area contributed by atoms with Crippen LogP contribution in [0, 0.1) is 11.7 Å². The molecule has 0 N–H and O–H groups in total. The molecule has 1 saturated carbocycles. The predicted octanol–water partition coefficient (Wildman–Crippen LogP) is 9.14. The summed E-state index contributed by atoms with van der Waals surface area (Å²) in [6.45, 7) is 4.29. The minimum atomic E-state index is -1.69. The zero-order chi connectivity index (χ0) is 23.4. The van der Waals surface area contributed by atoms with Gasteiger partial charge in [0.25, 0.3) is 0 Å². The van der Waals surface area contributed by atoms with Crippen LogP contribution in [0.25, 0.3) is 16.7 Å². The molecule has 0 bridgehead atoms. The first kappa shape index (κ1) is 23.6. The summed E-state index contributed by atoms with van der Waals surface area (Å²) in [7, 11) is 0. The van der Waals surface area contributed by atoms with Crippen molar-refractivity contribution in [2.24, 2.45) is 5.92 Å². The number of rotatable bonds is 6. The molecule has 0 aliphatic heterocycles. The molecule has 0 saturated heterocycles. The summed E-state index contributed by atoms with van der Waals surface area (Å²) in [6, 6.07) is 12.7. The summed E-state index contributed by atoms with van der Waals surface area (Å²) in [5, 5.41) is 0. The van der Waals surface area contributed by atoms with E-state index >= 15 is 0 Å². The van der Waals surface area contributed by atoms with E-state index in [1.807, 2.05) is 31.2 Å². The minimum absolute atomic E-state index is 0.226. The molecular formula is C30H33F3. The van der Waals surface area contributed by atoms with Crippen molar-refractivity contribution in [1.29, 1.82) is 0 Å². The van der Waals surface area contributed by atoms with Crippen molar-refractivity contribution in [3.8, 4) is 11.1 Å². The molecule has 0 radical (unpaired) electrons. The Morgan fingerprint density at radius 1 is 0.848 bits per heavy atom. The third kappa shape index (κ3) is 5.34. The molecule has 2 aliphatic rings. The number of halogens is 3. The Balaban J connectivity index is 1.51. The van der Waals surface area contributed by atoms with Crippen LogP contribution in [-0.2, 0) is 0 Å². The summed E-state index contributed by atoms with van der Waals surface area (Å²) in [5.41, 5.74) is 3.78. The van der Waals surface area contributed by atoms with Crippen molar-refractivity contribution >= 4 is 5.57 Å². The summed E-state index contributed by atoms with van der Waals surface area (Å²) in [5.74, 6) is 0.978. The second-order valence-electron chi connectivity index (χ2n) is 9.52. The van der Waals surface area contributed by atoms with E-state index in [4.69, 9.17) is 0 Å². The molecule has 3 heteroatoms. The number of hydrogen-bond donors (Lipinski definition) is 0. The summed E-state index contributed by atoms with van der Waals surface area (Å²) in [4.78, 5) is 0. The van der Waals surface area contributed by atoms with Crippen LogP contribution in [0.4, 0.5) is 13.2 Å². The molecule has 2 atom stereocenters. The second-order valence-corrected chi connectivity index (χ2v) is 9.52. The second kappa shape index (κ2) is 10.6. The highest BCUT2D eigenvalue weighted by atomic mass is 19.2. The zero-order valence-electron chi connectivity index (χ0n) is 19.5. The van der Waals surface area contributed by atoms with E-state index in [-0.39, 0.29) is 5.82 Å². The van der Waals surface area contributed by atoms with Crippen LogP contribution in [0.15, 0.2) is 72.3 Å². The van der Waals surface area contributed by atoms with E-state index in [9.17, 15) is 13.2 Å². The monoisotopic (exact) mass is 450 g/mol. The Kier molecular flexibility index (Phi) is 7.57. The molecule has 4 rings (SSSR count). The first-order valence-electron chi connectivity index (χ1n) is 12.2. The van der Waals surface area contributed by atoms with Crippen LogP contribution >= 0.6 is 0 Å². The molecule has 2 aromatic carbocycles. The number of benzene rings is 2. The Labute approximate surface area is 195 Å². The van der Waals surface area contributed by atoms with Crippen molar-refractivity contribution in [2.45, 2.75) is 70.6 Å². The summed E-state index contributed by atoms with van der Waals surface area (Å²) in [6.07, 6.45) is 9.81. The van der Waals surface area contributed by atoms with E-state index < -0.39 is 12.3 Å². The van der Waals surface area contributed by atoms with Crippen LogP contribution in [0.5, 0.6) is 0 Å². The first-order valence-corrected chi connectivity index (χ1v) is 12.2. The maximum atomic E-state index is 15.0. The van der Waals surface area contributed by atoms with E-state index in [0.29, 0.717) is 34.6 Å². The highest BCUT2D eigenvalue weighted by Crippen LogP contribution is 2.38. The van der Waals surface area contributed by atoms with E-state index in [2.05, 4.69) is 6.92 Å². The molecule has 2 unspecified atom stereocenters. The fourth-order valence-corrected chi connectivity index (χ4v) is 5.00. The molecule has 0 aromatic heterocycles. The van der Waals surface area contributed by atoms with Gasteiger partial charge in [0.2, 0.25) is 0 Å². The van der Waals surface area contributed by atoms with Crippen molar-refractivity contribution in [2.75, 3.05) is 0 Å². The van der Waals surface area contributed by atoms with Crippen LogP contribution in [0.3, 0.4) is 0 Å². The minimum Gasteiger partial charge on any atom is -0.239 e. The van der Waals surface area contributed by atoms with Crippen LogP contribution in [-0.4, -0.2) is 12.3 Å². The molecule has 2 aliphatic carbocycles. The highest BCUT2D eigenvalue weighted by Gasteiger charge is 2.30. The maximum Gasteiger partial charge on any atom is 0.161 e. The van der Waals surface area contributed by atoms with Crippen molar-refractivity contribution in [1.82, 2.24) is 0 Å². The van der Waals surface area contributed by atoms with Gasteiger partial charge in [-0.1, -0.05) is 87.4 Å². The fraction of sp³-hybridized carbons (Fsp3) is 0.400. The van der Waals surface area contributed by atoms with Gasteiger partial charge in [-0.05, 0) is 71.4 Å². The number of hydrogen-bond acceptors (Lipinski definition) is 0. The van der Waals surface area contributed by atoms with Crippen LogP contribution in [0.1, 0.15) is 69.4 Å². The van der Waals surface area contributed by atoms with Crippen molar-refractivity contribution in [3.63, 3.8) is 0 Å². The molecule has 0 nitrogen and oxygen atoms in total. The van der Waals surface area contributed by atoms with Gasteiger partial charge >= 0.3 is 0 Å². The molecular weight excluding hydrogens is 417 g/mol. The average molecular weight is 451 g/mol. The van der Waals surface area contributed by atoms with Crippen LogP contribution < -0.4 is 0 Å². The average Bonchev–Trinajstić information content (AvgIpc) is 2.83. The van der Waals surface area contributed by atoms with Gasteiger partial charge in [0.15, 0.2) is 12.3 Å². The molecule has 2 aromatic rings. The lowest BCUT2D eigenvalue weighted by Crippen LogP contribution is -2.23. The molecule has 0 spiro atoms. The normalized spacial score (nSPS) is 25.7. The standard InChI is InChI=1S/C30H33F3/c1-3-4-5-6-24-15-18-27(30(33)29(24)32)23-13-11-22(12-14-23)26-17-16-25(19-28(26)31)21-9-7-20(2)8-10-21/h4-5,11-21,29-30H,3,6-10H2,1-2H3/b5-4-. The lowest BCUT2D eigenvalue weighted by atomic mass is 9.79. The Bertz CT molecular complexity index is 1040. The largest absolute Gasteiger partial charge is 0.239 e. The summed E-state index contributed by atoms with van der Waals surface area (Å²) < 4.78 is 44.5. The van der Waals surface area contributed by atoms with Crippen LogP contribution in [0.2, 0.25) is 0 Å². The lowest BCUT2D eigenvalue weighted by molar-refractivity contribution is 0.240. The highest BCUT2D eigenvalue weighted by molar-refractivity contribution is 5.75. The molecule has 0 heterocycles. The van der Waals surface area contributed by atoms with Gasteiger partial charge in [0.05, 0.1) is 0 Å². The molecule has 33 heavy (non-hydrogen) atoms. The van der Waals surface area contributed by atoms with Crippen molar-refractivity contribution in [3.05, 3.63) is 89.3 Å². The number of alkyl halides is 2. The van der Waals surface area contributed by atoms with Gasteiger partial charge < -0.3 is 0 Å². The third-order valence-corrected chi connectivity index (χ3v) is 7.15. The maximum absolute atomic E-state index is 15.0.